The zero-order valence-electron chi connectivity index (χ0n) is 10.2. The second kappa shape index (κ2) is 8.37. The molecule has 16 heavy (non-hydrogen) atoms. The Bertz CT molecular complexity index is 248. The van der Waals surface area contributed by atoms with Crippen molar-refractivity contribution in [3.05, 3.63) is 0 Å². The number of nitriles is 1. The van der Waals surface area contributed by atoms with E-state index in [-0.39, 0.29) is 5.91 Å². The highest BCUT2D eigenvalue weighted by atomic mass is 35.5. The van der Waals surface area contributed by atoms with Gasteiger partial charge in [0.2, 0.25) is 5.91 Å². The van der Waals surface area contributed by atoms with Gasteiger partial charge in [0.25, 0.3) is 0 Å². The summed E-state index contributed by atoms with van der Waals surface area (Å²) in [5, 5.41) is 8.00. The van der Waals surface area contributed by atoms with E-state index in [1.807, 2.05) is 20.2 Å². The molecule has 1 amide bonds. The maximum absolute atomic E-state index is 11.7. The van der Waals surface area contributed by atoms with Gasteiger partial charge in [0, 0.05) is 13.1 Å². The third kappa shape index (κ3) is 6.65. The number of amides is 1. The normalized spacial score (nSPS) is 12.2. The smallest absolute Gasteiger partial charge is 0.240 e. The van der Waals surface area contributed by atoms with Crippen LogP contribution in [0.15, 0.2) is 0 Å². The van der Waals surface area contributed by atoms with Crippen LogP contribution in [0.4, 0.5) is 0 Å². The van der Waals surface area contributed by atoms with E-state index < -0.39 is 5.38 Å². The van der Waals surface area contributed by atoms with Gasteiger partial charge in [0.15, 0.2) is 0 Å². The molecule has 0 radical (unpaired) electrons. The summed E-state index contributed by atoms with van der Waals surface area (Å²) >= 11 is 5.76. The van der Waals surface area contributed by atoms with Gasteiger partial charge in [0.05, 0.1) is 12.5 Å². The van der Waals surface area contributed by atoms with Crippen molar-refractivity contribution < 1.29 is 4.79 Å². The SMILES string of the molecule is CC(Cl)C(=O)N(CCC#N)CCCN(C)C. The second-order valence-corrected chi connectivity index (χ2v) is 4.66. The van der Waals surface area contributed by atoms with E-state index in [9.17, 15) is 4.79 Å². The van der Waals surface area contributed by atoms with Gasteiger partial charge < -0.3 is 9.80 Å². The largest absolute Gasteiger partial charge is 0.340 e. The lowest BCUT2D eigenvalue weighted by atomic mass is 10.3. The van der Waals surface area contributed by atoms with Gasteiger partial charge in [-0.1, -0.05) is 0 Å². The molecule has 0 aromatic heterocycles. The molecule has 0 aliphatic rings. The van der Waals surface area contributed by atoms with Crippen LogP contribution in [0.5, 0.6) is 0 Å². The molecule has 1 atom stereocenters. The summed E-state index contributed by atoms with van der Waals surface area (Å²) in [5.74, 6) is -0.0873. The zero-order valence-corrected chi connectivity index (χ0v) is 11.0. The lowest BCUT2D eigenvalue weighted by molar-refractivity contribution is -0.130. The zero-order chi connectivity index (χ0) is 12.6. The van der Waals surface area contributed by atoms with Crippen molar-refractivity contribution in [2.45, 2.75) is 25.1 Å². The van der Waals surface area contributed by atoms with Crippen molar-refractivity contribution in [3.8, 4) is 6.07 Å². The van der Waals surface area contributed by atoms with Gasteiger partial charge in [-0.25, -0.2) is 0 Å². The van der Waals surface area contributed by atoms with Gasteiger partial charge in [-0.3, -0.25) is 4.79 Å². The highest BCUT2D eigenvalue weighted by molar-refractivity contribution is 6.30. The summed E-state index contributed by atoms with van der Waals surface area (Å²) in [6, 6.07) is 2.04. The van der Waals surface area contributed by atoms with Crippen molar-refractivity contribution in [3.63, 3.8) is 0 Å². The predicted molar refractivity (Wildman–Crippen MR) is 65.3 cm³/mol. The van der Waals surface area contributed by atoms with Crippen LogP contribution in [0.25, 0.3) is 0 Å². The molecule has 0 aromatic carbocycles. The number of hydrogen-bond donors (Lipinski definition) is 0. The first kappa shape index (κ1) is 15.2. The Balaban J connectivity index is 4.11. The molecular formula is C11H20ClN3O. The highest BCUT2D eigenvalue weighted by Crippen LogP contribution is 2.04. The Labute approximate surface area is 103 Å². The Kier molecular flexibility index (Phi) is 7.96. The maximum Gasteiger partial charge on any atom is 0.240 e. The fourth-order valence-electron chi connectivity index (χ4n) is 1.35. The maximum atomic E-state index is 11.7. The summed E-state index contributed by atoms with van der Waals surface area (Å²) in [5.41, 5.74) is 0. The fourth-order valence-corrected chi connectivity index (χ4v) is 1.48. The highest BCUT2D eigenvalue weighted by Gasteiger charge is 2.17. The number of rotatable bonds is 7. The molecule has 4 nitrogen and oxygen atoms in total. The van der Waals surface area contributed by atoms with Crippen LogP contribution in [-0.2, 0) is 4.79 Å². The Morgan fingerprint density at radius 3 is 2.44 bits per heavy atom. The van der Waals surface area contributed by atoms with Crippen molar-refractivity contribution >= 4 is 17.5 Å². The number of nitrogens with zero attached hydrogens (tertiary/aromatic N) is 3. The minimum Gasteiger partial charge on any atom is -0.340 e. The molecule has 0 rings (SSSR count). The Morgan fingerprint density at radius 2 is 2.00 bits per heavy atom. The first-order chi connectivity index (χ1) is 7.49. The van der Waals surface area contributed by atoms with Gasteiger partial charge in [-0.2, -0.15) is 5.26 Å². The average molecular weight is 246 g/mol. The molecule has 0 aliphatic carbocycles. The summed E-state index contributed by atoms with van der Waals surface area (Å²) < 4.78 is 0. The molecule has 0 aliphatic heterocycles. The standard InChI is InChI=1S/C11H20ClN3O/c1-10(12)11(16)15(8-4-6-13)9-5-7-14(2)3/h10H,4-5,7-9H2,1-3H3. The summed E-state index contributed by atoms with van der Waals surface area (Å²) in [6.45, 7) is 3.72. The molecular weight excluding hydrogens is 226 g/mol. The monoisotopic (exact) mass is 245 g/mol. The average Bonchev–Trinajstić information content (AvgIpc) is 2.21. The molecule has 0 saturated carbocycles. The van der Waals surface area contributed by atoms with Crippen molar-refractivity contribution in [1.29, 1.82) is 5.26 Å². The quantitative estimate of drug-likeness (QED) is 0.636. The topological polar surface area (TPSA) is 47.3 Å². The Hall–Kier alpha value is -0.790. The van der Waals surface area contributed by atoms with Crippen LogP contribution < -0.4 is 0 Å². The fraction of sp³-hybridized carbons (Fsp3) is 0.818. The second-order valence-electron chi connectivity index (χ2n) is 4.01. The van der Waals surface area contributed by atoms with Crippen LogP contribution in [0.2, 0.25) is 0 Å². The van der Waals surface area contributed by atoms with E-state index in [1.165, 1.54) is 0 Å². The van der Waals surface area contributed by atoms with E-state index in [1.54, 1.807) is 11.8 Å². The molecule has 92 valence electrons. The van der Waals surface area contributed by atoms with Gasteiger partial charge in [-0.05, 0) is 34.0 Å². The lowest BCUT2D eigenvalue weighted by Gasteiger charge is -2.23. The van der Waals surface area contributed by atoms with Crippen molar-refractivity contribution in [2.24, 2.45) is 0 Å². The minimum atomic E-state index is -0.516. The molecule has 0 fully saturated rings. The number of carbonyl (C=O) groups is 1. The molecule has 0 aromatic rings. The molecule has 0 heterocycles. The summed E-state index contributed by atoms with van der Waals surface area (Å²) in [4.78, 5) is 15.4. The predicted octanol–water partition coefficient (Wildman–Crippen LogP) is 1.31. The minimum absolute atomic E-state index is 0.0873. The summed E-state index contributed by atoms with van der Waals surface area (Å²) in [6.07, 6.45) is 1.26. The molecule has 0 bridgehead atoms. The number of hydrogen-bond acceptors (Lipinski definition) is 3. The van der Waals surface area contributed by atoms with Gasteiger partial charge in [0.1, 0.15) is 5.38 Å². The first-order valence-corrected chi connectivity index (χ1v) is 5.87. The van der Waals surface area contributed by atoms with Crippen LogP contribution in [-0.4, -0.2) is 54.8 Å². The van der Waals surface area contributed by atoms with Crippen LogP contribution in [0.1, 0.15) is 19.8 Å². The number of alkyl halides is 1. The van der Waals surface area contributed by atoms with E-state index in [2.05, 4.69) is 4.90 Å². The van der Waals surface area contributed by atoms with Crippen LogP contribution in [0, 0.1) is 11.3 Å². The first-order valence-electron chi connectivity index (χ1n) is 5.43. The van der Waals surface area contributed by atoms with E-state index >= 15 is 0 Å². The lowest BCUT2D eigenvalue weighted by Crippen LogP contribution is -2.38. The number of halogens is 1. The van der Waals surface area contributed by atoms with E-state index in [4.69, 9.17) is 16.9 Å². The third-order valence-electron chi connectivity index (χ3n) is 2.18. The molecule has 0 saturated heterocycles. The molecule has 0 spiro atoms. The third-order valence-corrected chi connectivity index (χ3v) is 2.37. The molecule has 1 unspecified atom stereocenters. The van der Waals surface area contributed by atoms with E-state index in [0.29, 0.717) is 19.5 Å². The van der Waals surface area contributed by atoms with Crippen molar-refractivity contribution in [1.82, 2.24) is 9.80 Å². The molecule has 0 N–H and O–H groups in total. The van der Waals surface area contributed by atoms with Crippen LogP contribution in [0.3, 0.4) is 0 Å². The van der Waals surface area contributed by atoms with Crippen molar-refractivity contribution in [2.75, 3.05) is 33.7 Å². The van der Waals surface area contributed by atoms with E-state index in [0.717, 1.165) is 13.0 Å². The van der Waals surface area contributed by atoms with Crippen LogP contribution >= 0.6 is 11.6 Å². The number of carbonyl (C=O) groups excluding carboxylic acids is 1. The summed E-state index contributed by atoms with van der Waals surface area (Å²) in [7, 11) is 3.98. The van der Waals surface area contributed by atoms with Gasteiger partial charge >= 0.3 is 0 Å². The Morgan fingerprint density at radius 1 is 1.38 bits per heavy atom. The van der Waals surface area contributed by atoms with Gasteiger partial charge in [-0.15, -0.1) is 11.6 Å². The molecule has 5 heteroatoms.